The topological polar surface area (TPSA) is 79.4 Å². The van der Waals surface area contributed by atoms with Crippen molar-refractivity contribution in [1.29, 1.82) is 0 Å². The molecule has 78 valence electrons. The Kier molecular flexibility index (Phi) is 3.47. The van der Waals surface area contributed by atoms with Crippen molar-refractivity contribution in [2.45, 2.75) is 0 Å². The Bertz CT molecular complexity index is 322. The molecule has 1 amide bonds. The molecular weight excluding hydrogens is 186 g/mol. The highest BCUT2D eigenvalue weighted by molar-refractivity contribution is 5.94. The molecule has 0 radical (unpaired) electrons. The largest absolute Gasteiger partial charge is 0.474 e. The number of nitrogens with two attached hydrogens (primary N) is 1. The predicted octanol–water partition coefficient (Wildman–Crippen LogP) is -0.456. The Morgan fingerprint density at radius 3 is 2.93 bits per heavy atom. The van der Waals surface area contributed by atoms with E-state index in [0.29, 0.717) is 13.2 Å². The van der Waals surface area contributed by atoms with Gasteiger partial charge in [0.15, 0.2) is 0 Å². The molecule has 0 aromatic carbocycles. The van der Waals surface area contributed by atoms with Crippen molar-refractivity contribution in [3.63, 3.8) is 0 Å². The number of hydrogen-bond acceptors (Lipinski definition) is 4. The molecular formula is C8H13N3O3. The smallest absolute Gasteiger partial charge is 0.255 e. The van der Waals surface area contributed by atoms with Gasteiger partial charge in [-0.15, -0.1) is 5.10 Å². The van der Waals surface area contributed by atoms with Crippen molar-refractivity contribution in [3.8, 4) is 5.88 Å². The summed E-state index contributed by atoms with van der Waals surface area (Å²) >= 11 is 0. The van der Waals surface area contributed by atoms with Crippen LogP contribution in [-0.4, -0.2) is 36.0 Å². The second-order valence-corrected chi connectivity index (χ2v) is 2.73. The maximum Gasteiger partial charge on any atom is 0.255 e. The summed E-state index contributed by atoms with van der Waals surface area (Å²) in [5.41, 5.74) is 5.41. The lowest BCUT2D eigenvalue weighted by Crippen LogP contribution is -2.13. The van der Waals surface area contributed by atoms with Gasteiger partial charge in [-0.05, 0) is 0 Å². The summed E-state index contributed by atoms with van der Waals surface area (Å²) in [5, 5.41) is 3.94. The SMILES string of the molecule is COCCOc1nn(C)cc1C(N)=O. The first-order valence-electron chi connectivity index (χ1n) is 4.10. The lowest BCUT2D eigenvalue weighted by atomic mass is 10.3. The Morgan fingerprint density at radius 2 is 2.36 bits per heavy atom. The van der Waals surface area contributed by atoms with Crippen LogP contribution < -0.4 is 10.5 Å². The van der Waals surface area contributed by atoms with Crippen LogP contribution in [0, 0.1) is 0 Å². The molecule has 0 aliphatic heterocycles. The summed E-state index contributed by atoms with van der Waals surface area (Å²) in [6.07, 6.45) is 1.52. The first-order valence-corrected chi connectivity index (χ1v) is 4.10. The number of methoxy groups -OCH3 is 1. The van der Waals surface area contributed by atoms with E-state index in [1.807, 2.05) is 0 Å². The summed E-state index contributed by atoms with van der Waals surface area (Å²) in [6.45, 7) is 0.780. The molecule has 0 unspecified atom stereocenters. The lowest BCUT2D eigenvalue weighted by molar-refractivity contribution is 0.0992. The van der Waals surface area contributed by atoms with Crippen molar-refractivity contribution < 1.29 is 14.3 Å². The first-order chi connectivity index (χ1) is 6.65. The van der Waals surface area contributed by atoms with E-state index in [-0.39, 0.29) is 11.4 Å². The van der Waals surface area contributed by atoms with Gasteiger partial charge in [0.25, 0.3) is 5.91 Å². The standard InChI is InChI=1S/C8H13N3O3/c1-11-5-6(7(9)12)8(10-11)14-4-3-13-2/h5H,3-4H2,1-2H3,(H2,9,12). The fraction of sp³-hybridized carbons (Fsp3) is 0.500. The fourth-order valence-electron chi connectivity index (χ4n) is 0.965. The molecule has 0 spiro atoms. The molecule has 6 nitrogen and oxygen atoms in total. The molecule has 14 heavy (non-hydrogen) atoms. The highest BCUT2D eigenvalue weighted by Crippen LogP contribution is 2.13. The van der Waals surface area contributed by atoms with Crippen molar-refractivity contribution in [2.24, 2.45) is 12.8 Å². The Balaban J connectivity index is 2.69. The highest BCUT2D eigenvalue weighted by Gasteiger charge is 2.13. The molecule has 6 heteroatoms. The Morgan fingerprint density at radius 1 is 1.64 bits per heavy atom. The van der Waals surface area contributed by atoms with Crippen LogP contribution in [0.15, 0.2) is 6.20 Å². The third-order valence-corrected chi connectivity index (χ3v) is 1.59. The van der Waals surface area contributed by atoms with Crippen molar-refractivity contribution in [3.05, 3.63) is 11.8 Å². The minimum Gasteiger partial charge on any atom is -0.474 e. The predicted molar refractivity (Wildman–Crippen MR) is 49.1 cm³/mol. The van der Waals surface area contributed by atoms with Gasteiger partial charge < -0.3 is 15.2 Å². The molecule has 0 saturated heterocycles. The molecule has 1 aromatic heterocycles. The third kappa shape index (κ3) is 2.46. The number of carbonyl (C=O) groups excluding carboxylic acids is 1. The van der Waals surface area contributed by atoms with E-state index in [1.54, 1.807) is 14.2 Å². The van der Waals surface area contributed by atoms with Gasteiger partial charge in [-0.25, -0.2) is 0 Å². The minimum atomic E-state index is -0.550. The molecule has 0 aliphatic carbocycles. The fourth-order valence-corrected chi connectivity index (χ4v) is 0.965. The molecule has 0 bridgehead atoms. The third-order valence-electron chi connectivity index (χ3n) is 1.59. The average molecular weight is 199 g/mol. The van der Waals surface area contributed by atoms with Gasteiger partial charge in [0, 0.05) is 20.4 Å². The molecule has 0 atom stereocenters. The maximum absolute atomic E-state index is 10.9. The van der Waals surface area contributed by atoms with Crippen LogP contribution in [0.3, 0.4) is 0 Å². The number of amides is 1. The number of rotatable bonds is 5. The molecule has 0 saturated carbocycles. The van der Waals surface area contributed by atoms with Crippen molar-refractivity contribution in [1.82, 2.24) is 9.78 Å². The van der Waals surface area contributed by atoms with Gasteiger partial charge in [-0.1, -0.05) is 0 Å². The molecule has 1 aromatic rings. The van der Waals surface area contributed by atoms with Crippen LogP contribution in [0.2, 0.25) is 0 Å². The number of ether oxygens (including phenoxy) is 2. The van der Waals surface area contributed by atoms with Crippen LogP contribution in [-0.2, 0) is 11.8 Å². The molecule has 1 rings (SSSR count). The molecule has 0 fully saturated rings. The summed E-state index contributed by atoms with van der Waals surface area (Å²) < 4.78 is 11.5. The second-order valence-electron chi connectivity index (χ2n) is 2.73. The maximum atomic E-state index is 10.9. The molecule has 1 heterocycles. The van der Waals surface area contributed by atoms with Gasteiger partial charge in [0.2, 0.25) is 5.88 Å². The van der Waals surface area contributed by atoms with Crippen molar-refractivity contribution in [2.75, 3.05) is 20.3 Å². The second kappa shape index (κ2) is 4.61. The van der Waals surface area contributed by atoms with Gasteiger partial charge in [-0.3, -0.25) is 9.48 Å². The zero-order valence-corrected chi connectivity index (χ0v) is 8.19. The van der Waals surface area contributed by atoms with E-state index >= 15 is 0 Å². The molecule has 2 N–H and O–H groups in total. The van der Waals surface area contributed by atoms with Crippen molar-refractivity contribution >= 4 is 5.91 Å². The van der Waals surface area contributed by atoms with Gasteiger partial charge in [0.1, 0.15) is 12.2 Å². The van der Waals surface area contributed by atoms with Crippen LogP contribution in [0.25, 0.3) is 0 Å². The summed E-state index contributed by atoms with van der Waals surface area (Å²) in [4.78, 5) is 10.9. The van der Waals surface area contributed by atoms with Crippen LogP contribution >= 0.6 is 0 Å². The molecule has 0 aliphatic rings. The van der Waals surface area contributed by atoms with E-state index in [1.165, 1.54) is 10.9 Å². The van der Waals surface area contributed by atoms with E-state index < -0.39 is 5.91 Å². The lowest BCUT2D eigenvalue weighted by Gasteiger charge is -2.02. The summed E-state index contributed by atoms with van der Waals surface area (Å²) in [7, 11) is 3.26. The zero-order valence-electron chi connectivity index (χ0n) is 8.19. The Labute approximate surface area is 81.6 Å². The van der Waals surface area contributed by atoms with Gasteiger partial charge in [-0.2, -0.15) is 0 Å². The number of primary amides is 1. The van der Waals surface area contributed by atoms with Crippen LogP contribution in [0.5, 0.6) is 5.88 Å². The summed E-state index contributed by atoms with van der Waals surface area (Å²) in [6, 6.07) is 0. The number of aromatic nitrogens is 2. The Hall–Kier alpha value is -1.56. The first kappa shape index (κ1) is 10.5. The van der Waals surface area contributed by atoms with E-state index in [2.05, 4.69) is 5.10 Å². The van der Waals surface area contributed by atoms with E-state index in [0.717, 1.165) is 0 Å². The minimum absolute atomic E-state index is 0.247. The van der Waals surface area contributed by atoms with Crippen LogP contribution in [0.1, 0.15) is 10.4 Å². The van der Waals surface area contributed by atoms with Gasteiger partial charge >= 0.3 is 0 Å². The van der Waals surface area contributed by atoms with E-state index in [4.69, 9.17) is 15.2 Å². The number of hydrogen-bond donors (Lipinski definition) is 1. The zero-order chi connectivity index (χ0) is 10.6. The van der Waals surface area contributed by atoms with Gasteiger partial charge in [0.05, 0.1) is 6.61 Å². The normalized spacial score (nSPS) is 10.1. The summed E-state index contributed by atoms with van der Waals surface area (Å²) in [5.74, 6) is -0.303. The number of aryl methyl sites for hydroxylation is 1. The van der Waals surface area contributed by atoms with Crippen LogP contribution in [0.4, 0.5) is 0 Å². The quantitative estimate of drug-likeness (QED) is 0.651. The number of nitrogens with zero attached hydrogens (tertiary/aromatic N) is 2. The van der Waals surface area contributed by atoms with E-state index in [9.17, 15) is 4.79 Å². The number of carbonyl (C=O) groups is 1. The average Bonchev–Trinajstić information content (AvgIpc) is 2.47. The highest BCUT2D eigenvalue weighted by atomic mass is 16.5. The monoisotopic (exact) mass is 199 g/mol.